The lowest BCUT2D eigenvalue weighted by atomic mass is 9.95. The zero-order chi connectivity index (χ0) is 14.4. The Labute approximate surface area is 121 Å². The summed E-state index contributed by atoms with van der Waals surface area (Å²) in [6.07, 6.45) is 1.97. The predicted molar refractivity (Wildman–Crippen MR) is 83.1 cm³/mol. The molecule has 2 unspecified atom stereocenters. The molecule has 0 aliphatic carbocycles. The van der Waals surface area contributed by atoms with E-state index in [2.05, 4.69) is 33.8 Å². The molecule has 0 radical (unpaired) electrons. The first-order chi connectivity index (χ1) is 9.06. The summed E-state index contributed by atoms with van der Waals surface area (Å²) in [6.45, 7) is 8.51. The third-order valence-corrected chi connectivity index (χ3v) is 3.98. The molecule has 0 aliphatic rings. The highest BCUT2D eigenvalue weighted by atomic mass is 35.5. The summed E-state index contributed by atoms with van der Waals surface area (Å²) in [7, 11) is 0. The molecule has 1 rings (SSSR count). The van der Waals surface area contributed by atoms with Gasteiger partial charge in [0, 0.05) is 11.7 Å². The highest BCUT2D eigenvalue weighted by Crippen LogP contribution is 2.31. The van der Waals surface area contributed by atoms with E-state index in [1.165, 1.54) is 5.56 Å². The normalized spacial score (nSPS) is 13.9. The topological polar surface area (TPSA) is 20.3 Å². The number of anilines is 1. The second kappa shape index (κ2) is 7.54. The summed E-state index contributed by atoms with van der Waals surface area (Å²) >= 11 is 5.77. The number of rotatable bonds is 6. The Hall–Kier alpha value is -1.02. The molecule has 0 N–H and O–H groups in total. The highest BCUT2D eigenvalue weighted by molar-refractivity contribution is 6.29. The monoisotopic (exact) mass is 281 g/mol. The van der Waals surface area contributed by atoms with Gasteiger partial charge in [0.15, 0.2) is 0 Å². The van der Waals surface area contributed by atoms with E-state index in [9.17, 15) is 4.79 Å². The van der Waals surface area contributed by atoms with E-state index in [0.717, 1.165) is 18.5 Å². The first kappa shape index (κ1) is 16.0. The maximum Gasteiger partial charge on any atom is 0.242 e. The van der Waals surface area contributed by atoms with Crippen LogP contribution in [-0.4, -0.2) is 17.8 Å². The van der Waals surface area contributed by atoms with Crippen LogP contribution in [0.3, 0.4) is 0 Å². The molecule has 0 bridgehead atoms. The van der Waals surface area contributed by atoms with E-state index in [-0.39, 0.29) is 17.8 Å². The lowest BCUT2D eigenvalue weighted by Gasteiger charge is -2.31. The smallest absolute Gasteiger partial charge is 0.242 e. The number of halogens is 1. The van der Waals surface area contributed by atoms with Crippen LogP contribution in [0.15, 0.2) is 24.3 Å². The second-order valence-corrected chi connectivity index (χ2v) is 5.29. The number of hydrogen-bond acceptors (Lipinski definition) is 1. The Balaban J connectivity index is 3.26. The summed E-state index contributed by atoms with van der Waals surface area (Å²) in [5.41, 5.74) is 2.24. The minimum atomic E-state index is -0.0215. The van der Waals surface area contributed by atoms with E-state index >= 15 is 0 Å². The fourth-order valence-corrected chi connectivity index (χ4v) is 2.34. The quantitative estimate of drug-likeness (QED) is 0.700. The van der Waals surface area contributed by atoms with Crippen LogP contribution in [0.1, 0.15) is 52.0 Å². The minimum absolute atomic E-state index is 0.0215. The summed E-state index contributed by atoms with van der Waals surface area (Å²) in [5.74, 6) is 0.441. The van der Waals surface area contributed by atoms with Crippen LogP contribution in [0, 0.1) is 0 Å². The molecule has 106 valence electrons. The van der Waals surface area contributed by atoms with Crippen molar-refractivity contribution in [2.24, 2.45) is 0 Å². The molecule has 0 saturated heterocycles. The van der Waals surface area contributed by atoms with Crippen molar-refractivity contribution in [3.8, 4) is 0 Å². The molecule has 2 atom stereocenters. The highest BCUT2D eigenvalue weighted by Gasteiger charge is 2.23. The first-order valence-corrected chi connectivity index (χ1v) is 7.57. The van der Waals surface area contributed by atoms with Gasteiger partial charge in [-0.3, -0.25) is 4.79 Å². The van der Waals surface area contributed by atoms with Gasteiger partial charge in [-0.25, -0.2) is 0 Å². The van der Waals surface area contributed by atoms with Gasteiger partial charge >= 0.3 is 0 Å². The van der Waals surface area contributed by atoms with Gasteiger partial charge in [0.05, 0.1) is 0 Å². The lowest BCUT2D eigenvalue weighted by molar-refractivity contribution is -0.116. The average Bonchev–Trinajstić information content (AvgIpc) is 2.46. The molecule has 0 saturated carbocycles. The molecule has 0 aliphatic heterocycles. The van der Waals surface area contributed by atoms with Gasteiger partial charge in [-0.05, 0) is 37.3 Å². The fourth-order valence-electron chi connectivity index (χ4n) is 2.21. The molecule has 0 fully saturated rings. The molecular formula is C16H24ClNO. The number of nitrogens with zero attached hydrogens (tertiary/aromatic N) is 1. The molecule has 0 spiro atoms. The Kier molecular flexibility index (Phi) is 6.36. The molecule has 0 heterocycles. The van der Waals surface area contributed by atoms with Crippen molar-refractivity contribution in [3.05, 3.63) is 29.8 Å². The Morgan fingerprint density at radius 2 is 1.84 bits per heavy atom. The van der Waals surface area contributed by atoms with Crippen molar-refractivity contribution in [2.75, 3.05) is 10.8 Å². The van der Waals surface area contributed by atoms with E-state index in [0.29, 0.717) is 5.92 Å². The van der Waals surface area contributed by atoms with Crippen LogP contribution in [0.5, 0.6) is 0 Å². The van der Waals surface area contributed by atoms with Gasteiger partial charge in [0.25, 0.3) is 0 Å². The zero-order valence-corrected chi connectivity index (χ0v) is 13.1. The maximum absolute atomic E-state index is 12.2. The fraction of sp³-hybridized carbons (Fsp3) is 0.562. The van der Waals surface area contributed by atoms with Crippen molar-refractivity contribution in [3.63, 3.8) is 0 Å². The largest absolute Gasteiger partial charge is 0.308 e. The Morgan fingerprint density at radius 3 is 2.37 bits per heavy atom. The van der Waals surface area contributed by atoms with Crippen LogP contribution < -0.4 is 4.90 Å². The third-order valence-electron chi connectivity index (χ3n) is 3.75. The predicted octanol–water partition coefficient (Wildman–Crippen LogP) is 4.57. The zero-order valence-electron chi connectivity index (χ0n) is 12.3. The van der Waals surface area contributed by atoms with Crippen molar-refractivity contribution in [2.45, 2.75) is 52.5 Å². The van der Waals surface area contributed by atoms with Crippen LogP contribution in [0.25, 0.3) is 0 Å². The lowest BCUT2D eigenvalue weighted by Crippen LogP contribution is -2.40. The van der Waals surface area contributed by atoms with E-state index in [1.54, 1.807) is 0 Å². The van der Waals surface area contributed by atoms with Crippen LogP contribution in [0.4, 0.5) is 5.69 Å². The van der Waals surface area contributed by atoms with Gasteiger partial charge in [0.2, 0.25) is 5.91 Å². The van der Waals surface area contributed by atoms with E-state index in [4.69, 9.17) is 11.6 Å². The summed E-state index contributed by atoms with van der Waals surface area (Å²) in [5, 5.41) is 0. The standard InChI is InChI=1S/C16H24ClNO/c1-5-12(3)14-9-7-8-10-15(14)18(13(4)6-2)16(19)11-17/h7-10,12-13H,5-6,11H2,1-4H3. The average molecular weight is 282 g/mol. The summed E-state index contributed by atoms with van der Waals surface area (Å²) < 4.78 is 0. The van der Waals surface area contributed by atoms with Crippen molar-refractivity contribution < 1.29 is 4.79 Å². The molecule has 1 aromatic carbocycles. The molecule has 2 nitrogen and oxygen atoms in total. The molecule has 0 aromatic heterocycles. The van der Waals surface area contributed by atoms with Gasteiger partial charge in [-0.15, -0.1) is 11.6 Å². The number of carbonyl (C=O) groups excluding carboxylic acids is 1. The Morgan fingerprint density at radius 1 is 1.21 bits per heavy atom. The summed E-state index contributed by atoms with van der Waals surface area (Å²) in [4.78, 5) is 14.0. The number of hydrogen-bond donors (Lipinski definition) is 0. The molecule has 1 amide bonds. The molecule has 19 heavy (non-hydrogen) atoms. The first-order valence-electron chi connectivity index (χ1n) is 7.03. The van der Waals surface area contributed by atoms with E-state index in [1.807, 2.05) is 23.1 Å². The number of carbonyl (C=O) groups is 1. The third kappa shape index (κ3) is 3.73. The number of amides is 1. The van der Waals surface area contributed by atoms with Gasteiger partial charge in [0.1, 0.15) is 5.88 Å². The van der Waals surface area contributed by atoms with Crippen molar-refractivity contribution in [1.82, 2.24) is 0 Å². The van der Waals surface area contributed by atoms with E-state index < -0.39 is 0 Å². The number of para-hydroxylation sites is 1. The van der Waals surface area contributed by atoms with Gasteiger partial charge in [-0.1, -0.05) is 39.0 Å². The summed E-state index contributed by atoms with van der Waals surface area (Å²) in [6, 6.07) is 8.32. The van der Waals surface area contributed by atoms with Crippen LogP contribution >= 0.6 is 11.6 Å². The van der Waals surface area contributed by atoms with Crippen LogP contribution in [-0.2, 0) is 4.79 Å². The molecular weight excluding hydrogens is 258 g/mol. The second-order valence-electron chi connectivity index (χ2n) is 5.02. The Bertz CT molecular complexity index is 419. The van der Waals surface area contributed by atoms with Gasteiger partial charge < -0.3 is 4.90 Å². The molecule has 1 aromatic rings. The van der Waals surface area contributed by atoms with Crippen LogP contribution in [0.2, 0.25) is 0 Å². The number of alkyl halides is 1. The maximum atomic E-state index is 12.2. The van der Waals surface area contributed by atoms with Crippen molar-refractivity contribution >= 4 is 23.2 Å². The number of benzene rings is 1. The van der Waals surface area contributed by atoms with Gasteiger partial charge in [-0.2, -0.15) is 0 Å². The minimum Gasteiger partial charge on any atom is -0.308 e. The van der Waals surface area contributed by atoms with Crippen molar-refractivity contribution in [1.29, 1.82) is 0 Å². The SMILES string of the molecule is CCC(C)c1ccccc1N(C(=O)CCl)C(C)CC. The molecule has 3 heteroatoms.